The van der Waals surface area contributed by atoms with Crippen LogP contribution in [0.3, 0.4) is 0 Å². The monoisotopic (exact) mass is 241 g/mol. The van der Waals surface area contributed by atoms with E-state index in [1.165, 1.54) is 0 Å². The van der Waals surface area contributed by atoms with Gasteiger partial charge in [0, 0.05) is 13.6 Å². The van der Waals surface area contributed by atoms with E-state index >= 15 is 0 Å². The number of nitrogens with zero attached hydrogens (tertiary/aromatic N) is 1. The SMILES string of the molecule is CN(Cc1ccc(C(=O)O)cc1)C(=S)S. The molecule has 5 heteroatoms. The number of hydrogen-bond acceptors (Lipinski definition) is 2. The molecule has 0 aromatic heterocycles. The summed E-state index contributed by atoms with van der Waals surface area (Å²) in [6.07, 6.45) is 0. The van der Waals surface area contributed by atoms with E-state index in [9.17, 15) is 4.79 Å². The van der Waals surface area contributed by atoms with Crippen molar-refractivity contribution in [2.45, 2.75) is 6.54 Å². The first-order valence-electron chi connectivity index (χ1n) is 4.27. The van der Waals surface area contributed by atoms with E-state index in [0.29, 0.717) is 10.9 Å². The molecule has 0 aliphatic carbocycles. The highest BCUT2D eigenvalue weighted by Crippen LogP contribution is 2.08. The lowest BCUT2D eigenvalue weighted by atomic mass is 10.1. The van der Waals surface area contributed by atoms with Gasteiger partial charge in [-0.25, -0.2) is 4.79 Å². The average Bonchev–Trinajstić information content (AvgIpc) is 2.18. The molecular formula is C10H11NO2S2. The number of thiocarbonyl (C=S) groups is 1. The summed E-state index contributed by atoms with van der Waals surface area (Å²) in [7, 11) is 1.83. The second-order valence-corrected chi connectivity index (χ2v) is 4.25. The maximum atomic E-state index is 10.6. The van der Waals surface area contributed by atoms with Crippen LogP contribution in [-0.4, -0.2) is 27.3 Å². The quantitative estimate of drug-likeness (QED) is 0.627. The van der Waals surface area contributed by atoms with Crippen LogP contribution < -0.4 is 0 Å². The molecule has 0 unspecified atom stereocenters. The summed E-state index contributed by atoms with van der Waals surface area (Å²) in [4.78, 5) is 12.4. The van der Waals surface area contributed by atoms with Crippen molar-refractivity contribution in [2.24, 2.45) is 0 Å². The third-order valence-corrected chi connectivity index (χ3v) is 2.60. The summed E-state index contributed by atoms with van der Waals surface area (Å²) in [6.45, 7) is 0.627. The van der Waals surface area contributed by atoms with Crippen LogP contribution in [0.25, 0.3) is 0 Å². The molecule has 0 radical (unpaired) electrons. The van der Waals surface area contributed by atoms with Gasteiger partial charge in [-0.3, -0.25) is 0 Å². The molecule has 80 valence electrons. The topological polar surface area (TPSA) is 40.5 Å². The molecule has 0 bridgehead atoms. The molecule has 1 rings (SSSR count). The molecule has 0 saturated heterocycles. The smallest absolute Gasteiger partial charge is 0.335 e. The zero-order valence-electron chi connectivity index (χ0n) is 8.17. The van der Waals surface area contributed by atoms with Crippen molar-refractivity contribution in [1.29, 1.82) is 0 Å². The summed E-state index contributed by atoms with van der Waals surface area (Å²) in [5, 5.41) is 8.70. The third-order valence-electron chi connectivity index (χ3n) is 1.95. The van der Waals surface area contributed by atoms with Crippen LogP contribution in [0.5, 0.6) is 0 Å². The highest BCUT2D eigenvalue weighted by Gasteiger charge is 2.04. The van der Waals surface area contributed by atoms with Crippen LogP contribution in [0.2, 0.25) is 0 Å². The number of benzene rings is 1. The number of aromatic carboxylic acids is 1. The van der Waals surface area contributed by atoms with E-state index in [0.717, 1.165) is 5.56 Å². The van der Waals surface area contributed by atoms with E-state index < -0.39 is 5.97 Å². The van der Waals surface area contributed by atoms with Crippen molar-refractivity contribution in [1.82, 2.24) is 4.90 Å². The van der Waals surface area contributed by atoms with Gasteiger partial charge in [0.2, 0.25) is 0 Å². The van der Waals surface area contributed by atoms with Gasteiger partial charge < -0.3 is 10.0 Å². The molecule has 0 atom stereocenters. The Balaban J connectivity index is 2.72. The van der Waals surface area contributed by atoms with E-state index in [1.807, 2.05) is 7.05 Å². The van der Waals surface area contributed by atoms with E-state index in [2.05, 4.69) is 12.6 Å². The van der Waals surface area contributed by atoms with Crippen molar-refractivity contribution < 1.29 is 9.90 Å². The molecular weight excluding hydrogens is 230 g/mol. The summed E-state index contributed by atoms with van der Waals surface area (Å²) in [6, 6.07) is 6.69. The minimum atomic E-state index is -0.917. The Morgan fingerprint density at radius 2 is 2.00 bits per heavy atom. The third kappa shape index (κ3) is 3.53. The van der Waals surface area contributed by atoms with Gasteiger partial charge in [0.05, 0.1) is 5.56 Å². The number of carbonyl (C=O) groups is 1. The Morgan fingerprint density at radius 1 is 1.47 bits per heavy atom. The first-order chi connectivity index (χ1) is 7.00. The zero-order valence-corrected chi connectivity index (χ0v) is 9.89. The maximum Gasteiger partial charge on any atom is 0.335 e. The van der Waals surface area contributed by atoms with Crippen molar-refractivity contribution in [3.05, 3.63) is 35.4 Å². The van der Waals surface area contributed by atoms with Crippen LogP contribution >= 0.6 is 24.8 Å². The molecule has 0 amide bonds. The Hall–Kier alpha value is -1.07. The molecule has 3 nitrogen and oxygen atoms in total. The van der Waals surface area contributed by atoms with E-state index in [4.69, 9.17) is 17.3 Å². The molecule has 0 spiro atoms. The molecule has 15 heavy (non-hydrogen) atoms. The van der Waals surface area contributed by atoms with Gasteiger partial charge >= 0.3 is 5.97 Å². The standard InChI is InChI=1S/C10H11NO2S2/c1-11(10(14)15)6-7-2-4-8(5-3-7)9(12)13/h2-5H,6H2,1H3,(H,12,13)(H,14,15). The molecule has 0 fully saturated rings. The second-order valence-electron chi connectivity index (χ2n) is 3.14. The fraction of sp³-hybridized carbons (Fsp3) is 0.200. The lowest BCUT2D eigenvalue weighted by Gasteiger charge is -2.16. The van der Waals surface area contributed by atoms with Crippen LogP contribution in [0.4, 0.5) is 0 Å². The largest absolute Gasteiger partial charge is 0.478 e. The minimum Gasteiger partial charge on any atom is -0.478 e. The van der Waals surface area contributed by atoms with Crippen molar-refractivity contribution in [2.75, 3.05) is 7.05 Å². The first kappa shape index (κ1) is 12.0. The van der Waals surface area contributed by atoms with E-state index in [-0.39, 0.29) is 5.56 Å². The van der Waals surface area contributed by atoms with Gasteiger partial charge in [-0.2, -0.15) is 0 Å². The Kier molecular flexibility index (Phi) is 4.11. The normalized spacial score (nSPS) is 9.73. The van der Waals surface area contributed by atoms with Gasteiger partial charge in [0.1, 0.15) is 4.32 Å². The maximum absolute atomic E-state index is 10.6. The van der Waals surface area contributed by atoms with Crippen LogP contribution in [0.1, 0.15) is 15.9 Å². The number of hydrogen-bond donors (Lipinski definition) is 2. The highest BCUT2D eigenvalue weighted by atomic mass is 32.1. The average molecular weight is 241 g/mol. The minimum absolute atomic E-state index is 0.287. The summed E-state index contributed by atoms with van der Waals surface area (Å²) >= 11 is 8.92. The Bertz CT molecular complexity index is 376. The lowest BCUT2D eigenvalue weighted by molar-refractivity contribution is 0.0697. The van der Waals surface area contributed by atoms with Gasteiger partial charge in [-0.1, -0.05) is 24.4 Å². The number of carboxylic acid groups (broad SMARTS) is 1. The Morgan fingerprint density at radius 3 is 2.40 bits per heavy atom. The van der Waals surface area contributed by atoms with Crippen molar-refractivity contribution >= 4 is 35.1 Å². The highest BCUT2D eigenvalue weighted by molar-refractivity contribution is 8.10. The summed E-state index contributed by atoms with van der Waals surface area (Å²) in [5.41, 5.74) is 1.29. The van der Waals surface area contributed by atoms with Gasteiger partial charge in [0.25, 0.3) is 0 Å². The predicted molar refractivity (Wildman–Crippen MR) is 66.5 cm³/mol. The van der Waals surface area contributed by atoms with Crippen LogP contribution in [0, 0.1) is 0 Å². The zero-order chi connectivity index (χ0) is 11.4. The molecule has 0 aliphatic heterocycles. The summed E-state index contributed by atoms with van der Waals surface area (Å²) < 4.78 is 0.511. The fourth-order valence-electron chi connectivity index (χ4n) is 1.09. The molecule has 1 aromatic rings. The van der Waals surface area contributed by atoms with Crippen LogP contribution in [-0.2, 0) is 6.54 Å². The van der Waals surface area contributed by atoms with Crippen molar-refractivity contribution in [3.8, 4) is 0 Å². The molecule has 0 saturated carbocycles. The number of thiol groups is 1. The molecule has 0 aliphatic rings. The number of carboxylic acids is 1. The summed E-state index contributed by atoms with van der Waals surface area (Å²) in [5.74, 6) is -0.917. The second kappa shape index (κ2) is 5.14. The molecule has 1 N–H and O–H groups in total. The fourth-order valence-corrected chi connectivity index (χ4v) is 1.23. The van der Waals surface area contributed by atoms with Crippen molar-refractivity contribution in [3.63, 3.8) is 0 Å². The first-order valence-corrected chi connectivity index (χ1v) is 5.12. The lowest BCUT2D eigenvalue weighted by Crippen LogP contribution is -2.19. The van der Waals surface area contributed by atoms with Gasteiger partial charge in [-0.15, -0.1) is 12.6 Å². The predicted octanol–water partition coefficient (Wildman–Crippen LogP) is 2.03. The Labute approximate surface area is 99.1 Å². The molecule has 1 aromatic carbocycles. The molecule has 0 heterocycles. The van der Waals surface area contributed by atoms with E-state index in [1.54, 1.807) is 29.2 Å². The number of rotatable bonds is 3. The van der Waals surface area contributed by atoms with Gasteiger partial charge in [-0.05, 0) is 17.7 Å². The van der Waals surface area contributed by atoms with Crippen LogP contribution in [0.15, 0.2) is 24.3 Å². The van der Waals surface area contributed by atoms with Gasteiger partial charge in [0.15, 0.2) is 0 Å².